The Labute approximate surface area is 156 Å². The lowest BCUT2D eigenvalue weighted by Gasteiger charge is -2.25. The second-order valence-corrected chi connectivity index (χ2v) is 7.62. The van der Waals surface area contributed by atoms with Gasteiger partial charge < -0.3 is 4.74 Å². The van der Waals surface area contributed by atoms with Gasteiger partial charge in [0.1, 0.15) is 17.4 Å². The molecule has 0 aliphatic rings. The van der Waals surface area contributed by atoms with E-state index in [4.69, 9.17) is 4.74 Å². The summed E-state index contributed by atoms with van der Waals surface area (Å²) < 4.78 is 60.2. The van der Waals surface area contributed by atoms with Crippen molar-refractivity contribution < 1.29 is 21.9 Å². The molecule has 4 nitrogen and oxygen atoms in total. The topological polar surface area (TPSA) is 46.6 Å². The van der Waals surface area contributed by atoms with Gasteiger partial charge in [0, 0.05) is 5.56 Å². The molecule has 0 saturated heterocycles. The minimum Gasteiger partial charge on any atom is -0.497 e. The lowest BCUT2D eigenvalue weighted by molar-refractivity contribution is 0.415. The van der Waals surface area contributed by atoms with Crippen LogP contribution in [0.4, 0.5) is 14.5 Å². The van der Waals surface area contributed by atoms with Crippen LogP contribution >= 0.6 is 0 Å². The van der Waals surface area contributed by atoms with Crippen molar-refractivity contribution in [1.29, 1.82) is 0 Å². The van der Waals surface area contributed by atoms with E-state index in [1.807, 2.05) is 0 Å². The summed E-state index contributed by atoms with van der Waals surface area (Å²) in [6, 6.07) is 16.9. The molecule has 0 saturated carbocycles. The van der Waals surface area contributed by atoms with E-state index in [1.54, 1.807) is 30.3 Å². The number of anilines is 1. The summed E-state index contributed by atoms with van der Waals surface area (Å²) in [5.74, 6) is -0.644. The minimum absolute atomic E-state index is 0.202. The van der Waals surface area contributed by atoms with Gasteiger partial charge in [-0.25, -0.2) is 17.2 Å². The van der Waals surface area contributed by atoms with Crippen LogP contribution in [0.3, 0.4) is 0 Å². The van der Waals surface area contributed by atoms with Crippen molar-refractivity contribution in [1.82, 2.24) is 0 Å². The number of ether oxygens (including phenoxy) is 1. The van der Waals surface area contributed by atoms with E-state index in [0.717, 1.165) is 16.4 Å². The molecule has 0 radical (unpaired) electrons. The van der Waals surface area contributed by atoms with Crippen LogP contribution < -0.4 is 9.04 Å². The fourth-order valence-corrected chi connectivity index (χ4v) is 4.07. The highest BCUT2D eigenvalue weighted by molar-refractivity contribution is 7.92. The molecule has 0 unspecified atom stereocenters. The standard InChI is InChI=1S/C20H17F2NO3S/c1-26-18-11-9-17(10-12-18)23(14-15-5-2-3-8-20(15)22)27(24,25)19-7-4-6-16(21)13-19/h2-13H,14H2,1H3. The number of benzene rings is 3. The number of methoxy groups -OCH3 is 1. The molecule has 0 bridgehead atoms. The van der Waals surface area contributed by atoms with Gasteiger partial charge >= 0.3 is 0 Å². The largest absolute Gasteiger partial charge is 0.497 e. The summed E-state index contributed by atoms with van der Waals surface area (Å²) in [5, 5.41) is 0. The Bertz CT molecular complexity index is 1040. The summed E-state index contributed by atoms with van der Waals surface area (Å²) in [4.78, 5) is -0.213. The molecule has 0 amide bonds. The molecule has 7 heteroatoms. The van der Waals surface area contributed by atoms with Gasteiger partial charge in [-0.3, -0.25) is 4.31 Å². The van der Waals surface area contributed by atoms with Crippen LogP contribution in [0.2, 0.25) is 0 Å². The van der Waals surface area contributed by atoms with Gasteiger partial charge in [-0.2, -0.15) is 0 Å². The third-order valence-electron chi connectivity index (χ3n) is 4.02. The molecule has 0 heterocycles. The van der Waals surface area contributed by atoms with Crippen molar-refractivity contribution in [2.75, 3.05) is 11.4 Å². The molecule has 3 aromatic rings. The fraction of sp³-hybridized carbons (Fsp3) is 0.100. The summed E-state index contributed by atoms with van der Waals surface area (Å²) in [5.41, 5.74) is 0.511. The van der Waals surface area contributed by atoms with Gasteiger partial charge in [-0.05, 0) is 48.5 Å². The monoisotopic (exact) mass is 389 g/mol. The summed E-state index contributed by atoms with van der Waals surface area (Å²) in [7, 11) is -2.63. The predicted molar refractivity (Wildman–Crippen MR) is 99.2 cm³/mol. The number of hydrogen-bond acceptors (Lipinski definition) is 3. The first kappa shape index (κ1) is 18.8. The van der Waals surface area contributed by atoms with Gasteiger partial charge in [0.2, 0.25) is 0 Å². The number of nitrogens with zero attached hydrogens (tertiary/aromatic N) is 1. The number of hydrogen-bond donors (Lipinski definition) is 0. The van der Waals surface area contributed by atoms with Crippen LogP contribution in [0.1, 0.15) is 5.56 Å². The maximum absolute atomic E-state index is 14.1. The Morgan fingerprint density at radius 1 is 0.926 bits per heavy atom. The second kappa shape index (κ2) is 7.75. The second-order valence-electron chi connectivity index (χ2n) is 5.76. The zero-order chi connectivity index (χ0) is 19.4. The predicted octanol–water partition coefficient (Wildman–Crippen LogP) is 4.37. The Morgan fingerprint density at radius 3 is 2.26 bits per heavy atom. The van der Waals surface area contributed by atoms with Crippen molar-refractivity contribution in [2.24, 2.45) is 0 Å². The first-order valence-corrected chi connectivity index (χ1v) is 9.51. The van der Waals surface area contributed by atoms with Crippen LogP contribution in [-0.2, 0) is 16.6 Å². The maximum atomic E-state index is 14.1. The Morgan fingerprint density at radius 2 is 1.63 bits per heavy atom. The van der Waals surface area contributed by atoms with Crippen LogP contribution in [0.15, 0.2) is 77.7 Å². The zero-order valence-electron chi connectivity index (χ0n) is 14.5. The molecular formula is C20H17F2NO3S. The zero-order valence-corrected chi connectivity index (χ0v) is 15.3. The molecule has 0 spiro atoms. The van der Waals surface area contributed by atoms with E-state index in [1.165, 1.54) is 37.4 Å². The van der Waals surface area contributed by atoms with Crippen molar-refractivity contribution in [3.63, 3.8) is 0 Å². The summed E-state index contributed by atoms with van der Waals surface area (Å²) in [6.45, 7) is -0.238. The summed E-state index contributed by atoms with van der Waals surface area (Å²) >= 11 is 0. The van der Waals surface area contributed by atoms with Crippen LogP contribution in [0, 0.1) is 11.6 Å². The average Bonchev–Trinajstić information content (AvgIpc) is 2.67. The van der Waals surface area contributed by atoms with E-state index >= 15 is 0 Å². The molecule has 0 atom stereocenters. The molecule has 3 aromatic carbocycles. The molecule has 0 aliphatic heterocycles. The van der Waals surface area contributed by atoms with Crippen LogP contribution in [-0.4, -0.2) is 15.5 Å². The normalized spacial score (nSPS) is 11.2. The Kier molecular flexibility index (Phi) is 5.41. The van der Waals surface area contributed by atoms with Crippen molar-refractivity contribution in [3.8, 4) is 5.75 Å². The molecule has 0 fully saturated rings. The SMILES string of the molecule is COc1ccc(N(Cc2ccccc2F)S(=O)(=O)c2cccc(F)c2)cc1. The summed E-state index contributed by atoms with van der Waals surface area (Å²) in [6.07, 6.45) is 0. The van der Waals surface area contributed by atoms with Crippen molar-refractivity contribution >= 4 is 15.7 Å². The first-order valence-electron chi connectivity index (χ1n) is 8.07. The van der Waals surface area contributed by atoms with Crippen LogP contribution in [0.5, 0.6) is 5.75 Å². The van der Waals surface area contributed by atoms with Gasteiger partial charge in [0.25, 0.3) is 10.0 Å². The number of rotatable bonds is 6. The average molecular weight is 389 g/mol. The fourth-order valence-electron chi connectivity index (χ4n) is 2.60. The van der Waals surface area contributed by atoms with Gasteiger partial charge in [-0.15, -0.1) is 0 Å². The minimum atomic E-state index is -4.13. The number of halogens is 2. The first-order chi connectivity index (χ1) is 12.9. The molecule has 3 rings (SSSR count). The molecule has 0 aliphatic carbocycles. The molecule has 0 aromatic heterocycles. The van der Waals surface area contributed by atoms with Gasteiger partial charge in [0.05, 0.1) is 24.2 Å². The van der Waals surface area contributed by atoms with Crippen LogP contribution in [0.25, 0.3) is 0 Å². The molecule has 27 heavy (non-hydrogen) atoms. The molecular weight excluding hydrogens is 372 g/mol. The Balaban J connectivity index is 2.09. The van der Waals surface area contributed by atoms with E-state index in [-0.39, 0.29) is 17.0 Å². The smallest absolute Gasteiger partial charge is 0.264 e. The molecule has 0 N–H and O–H groups in total. The van der Waals surface area contributed by atoms with E-state index in [9.17, 15) is 17.2 Å². The van der Waals surface area contributed by atoms with Gasteiger partial charge in [0.15, 0.2) is 0 Å². The quantitative estimate of drug-likeness (QED) is 0.629. The third kappa shape index (κ3) is 4.09. The lowest BCUT2D eigenvalue weighted by Crippen LogP contribution is -2.31. The third-order valence-corrected chi connectivity index (χ3v) is 5.79. The van der Waals surface area contributed by atoms with Crippen molar-refractivity contribution in [2.45, 2.75) is 11.4 Å². The highest BCUT2D eigenvalue weighted by Crippen LogP contribution is 2.28. The molecule has 140 valence electrons. The lowest BCUT2D eigenvalue weighted by atomic mass is 10.2. The van der Waals surface area contributed by atoms with E-state index in [2.05, 4.69) is 0 Å². The highest BCUT2D eigenvalue weighted by Gasteiger charge is 2.26. The Hall–Kier alpha value is -2.93. The van der Waals surface area contributed by atoms with E-state index < -0.39 is 21.7 Å². The number of sulfonamides is 1. The van der Waals surface area contributed by atoms with E-state index in [0.29, 0.717) is 11.4 Å². The van der Waals surface area contributed by atoms with Gasteiger partial charge in [-0.1, -0.05) is 24.3 Å². The maximum Gasteiger partial charge on any atom is 0.264 e. The van der Waals surface area contributed by atoms with Crippen molar-refractivity contribution in [3.05, 3.63) is 90.0 Å². The highest BCUT2D eigenvalue weighted by atomic mass is 32.2.